The summed E-state index contributed by atoms with van der Waals surface area (Å²) in [6.45, 7) is 12.8. The fourth-order valence-electron chi connectivity index (χ4n) is 8.18. The summed E-state index contributed by atoms with van der Waals surface area (Å²) >= 11 is 0. The van der Waals surface area contributed by atoms with E-state index in [1.54, 1.807) is 0 Å². The first kappa shape index (κ1) is 63.9. The molecule has 0 spiro atoms. The lowest BCUT2D eigenvalue weighted by atomic mass is 9.76. The molecule has 0 fully saturated rings. The van der Waals surface area contributed by atoms with E-state index in [-0.39, 0.29) is 78.7 Å². The molecule has 0 N–H and O–H groups in total. The Hall–Kier alpha value is -5.72. The van der Waals surface area contributed by atoms with Crippen LogP contribution in [0.4, 0.5) is 0 Å². The van der Waals surface area contributed by atoms with Crippen molar-refractivity contribution in [2.75, 3.05) is 0 Å². The van der Waals surface area contributed by atoms with Crippen LogP contribution >= 0.6 is 0 Å². The zero-order chi connectivity index (χ0) is 37.9. The van der Waals surface area contributed by atoms with Crippen LogP contribution in [0.2, 0.25) is 0 Å². The lowest BCUT2D eigenvalue weighted by molar-refractivity contribution is 0.661. The second-order valence-corrected chi connectivity index (χ2v) is 13.7. The normalized spacial score (nSPS) is 11.2. The van der Waals surface area contributed by atoms with Crippen molar-refractivity contribution in [1.82, 2.24) is 0 Å². The predicted molar refractivity (Wildman–Crippen MR) is 296 cm³/mol. The summed E-state index contributed by atoms with van der Waals surface area (Å²) < 4.78 is 0. The van der Waals surface area contributed by atoms with Crippen LogP contribution in [0.3, 0.4) is 0 Å². The van der Waals surface area contributed by atoms with Crippen molar-refractivity contribution in [2.45, 2.75) is 132 Å². The molecule has 0 heteroatoms. The van der Waals surface area contributed by atoms with E-state index in [2.05, 4.69) is 208 Å². The van der Waals surface area contributed by atoms with Crippen LogP contribution in [-0.2, 0) is 0 Å². The van der Waals surface area contributed by atoms with Gasteiger partial charge in [-0.15, -0.1) is 0 Å². The molecule has 0 aromatic heterocycles. The third-order valence-corrected chi connectivity index (χ3v) is 10.8. The van der Waals surface area contributed by atoms with Gasteiger partial charge < -0.3 is 0 Å². The second-order valence-electron chi connectivity index (χ2n) is 13.7. The average Bonchev–Trinajstić information content (AvgIpc) is 3.26. The van der Waals surface area contributed by atoms with Crippen molar-refractivity contribution in [3.05, 3.63) is 228 Å². The number of hydrogen-bond acceptors (Lipinski definition) is 0. The van der Waals surface area contributed by atoms with E-state index < -0.39 is 0 Å². The van der Waals surface area contributed by atoms with Crippen molar-refractivity contribution in [3.63, 3.8) is 0 Å². The molecule has 63 heavy (non-hydrogen) atoms. The van der Waals surface area contributed by atoms with E-state index in [9.17, 15) is 0 Å². The molecule has 8 rings (SSSR count). The molecule has 0 amide bonds. The minimum Gasteiger partial charge on any atom is -0.0776 e. The number of rotatable bonds is 9. The molecule has 342 valence electrons. The lowest BCUT2D eigenvalue weighted by Crippen LogP contribution is -2.11. The van der Waals surface area contributed by atoms with E-state index in [1.165, 1.54) is 66.1 Å². The van der Waals surface area contributed by atoms with E-state index >= 15 is 0 Å². The van der Waals surface area contributed by atoms with Crippen molar-refractivity contribution in [2.24, 2.45) is 0 Å². The Morgan fingerprint density at radius 1 is 0.254 bits per heavy atom. The van der Waals surface area contributed by atoms with Gasteiger partial charge in [0.2, 0.25) is 0 Å². The minimum atomic E-state index is 0. The third kappa shape index (κ3) is 14.1. The highest BCUT2D eigenvalue weighted by atomic mass is 14.3. The fraction of sp³-hybridized carbons (Fsp3) is 0.302. The Balaban J connectivity index is -0.00000130. The highest BCUT2D eigenvalue weighted by Crippen LogP contribution is 2.43. The minimum absolute atomic E-state index is 0. The molecule has 0 radical (unpaired) electrons. The maximum Gasteiger partial charge on any atom is 0.0161 e. The topological polar surface area (TPSA) is 0 Å². The van der Waals surface area contributed by atoms with E-state index in [4.69, 9.17) is 0 Å². The van der Waals surface area contributed by atoms with Crippen molar-refractivity contribution in [3.8, 4) is 11.1 Å². The van der Waals surface area contributed by atoms with Crippen molar-refractivity contribution in [1.29, 1.82) is 0 Å². The van der Waals surface area contributed by atoms with Gasteiger partial charge in [-0.25, -0.2) is 0 Å². The molecule has 0 aliphatic heterocycles. The zero-order valence-electron chi connectivity index (χ0n) is 32.8. The third-order valence-electron chi connectivity index (χ3n) is 10.8. The van der Waals surface area contributed by atoms with Gasteiger partial charge in [-0.2, -0.15) is 0 Å². The first-order valence-corrected chi connectivity index (χ1v) is 19.9. The van der Waals surface area contributed by atoms with Crippen LogP contribution < -0.4 is 0 Å². The van der Waals surface area contributed by atoms with Crippen molar-refractivity contribution < 1.29 is 0 Å². The van der Waals surface area contributed by atoms with Gasteiger partial charge >= 0.3 is 0 Å². The summed E-state index contributed by atoms with van der Waals surface area (Å²) in [7, 11) is 0. The Morgan fingerprint density at radius 3 is 0.841 bits per heavy atom. The molecule has 0 aliphatic carbocycles. The largest absolute Gasteiger partial charge is 0.0776 e. The number of fused-ring (bicyclic) bond motifs is 2. The van der Waals surface area contributed by atoms with Gasteiger partial charge in [-0.1, -0.05) is 303 Å². The smallest absolute Gasteiger partial charge is 0.0161 e. The lowest BCUT2D eigenvalue weighted by Gasteiger charge is -2.27. The molecule has 0 nitrogen and oxygen atoms in total. The highest BCUT2D eigenvalue weighted by molar-refractivity contribution is 5.87. The summed E-state index contributed by atoms with van der Waals surface area (Å²) in [4.78, 5) is 0. The molecule has 0 bridgehead atoms. The standard InChI is InChI=1S/C50H42.2C2H6.9CH4/c1-35(49(43-17-5-3-6-18-43)47-25-13-21-41-15-9-11-23-45(41)47)37-27-31-39(32-28-37)40-33-29-38(30-34-40)36(2)50(44-19-7-4-8-20-44)48-26-14-22-42-16-10-12-24-46(42)48;2*1-2;;;;;;;;;/h3-36,49-50H,1-2H3;2*1-2H3;9*1H4. The monoisotopic (exact) mass is 847 g/mol. The highest BCUT2D eigenvalue weighted by Gasteiger charge is 2.26. The van der Waals surface area contributed by atoms with Gasteiger partial charge in [0.1, 0.15) is 0 Å². The van der Waals surface area contributed by atoms with Gasteiger partial charge in [-0.3, -0.25) is 0 Å². The molecule has 4 atom stereocenters. The van der Waals surface area contributed by atoms with E-state index in [1.807, 2.05) is 27.7 Å². The van der Waals surface area contributed by atoms with Gasteiger partial charge in [0.25, 0.3) is 0 Å². The van der Waals surface area contributed by atoms with E-state index in [0.717, 1.165) is 0 Å². The molecule has 0 heterocycles. The van der Waals surface area contributed by atoms with Crippen LogP contribution in [0, 0.1) is 0 Å². The van der Waals surface area contributed by atoms with Crippen LogP contribution in [0.5, 0.6) is 0 Å². The van der Waals surface area contributed by atoms with Crippen molar-refractivity contribution >= 4 is 21.5 Å². The Morgan fingerprint density at radius 2 is 0.524 bits per heavy atom. The summed E-state index contributed by atoms with van der Waals surface area (Å²) in [5, 5.41) is 5.24. The van der Waals surface area contributed by atoms with Gasteiger partial charge in [0.05, 0.1) is 0 Å². The maximum absolute atomic E-state index is 2.38. The Bertz CT molecular complexity index is 2150. The van der Waals surface area contributed by atoms with Crippen LogP contribution in [0.25, 0.3) is 32.7 Å². The molecule has 8 aromatic rings. The molecule has 0 saturated carbocycles. The summed E-state index contributed by atoms with van der Waals surface area (Å²) in [5.41, 5.74) is 10.7. The number of hydrogen-bond donors (Lipinski definition) is 0. The fourth-order valence-corrected chi connectivity index (χ4v) is 8.18. The van der Waals surface area contributed by atoms with Crippen LogP contribution in [-0.4, -0.2) is 0 Å². The molecule has 4 unspecified atom stereocenters. The first-order chi connectivity index (χ1) is 26.7. The Labute approximate surface area is 390 Å². The zero-order valence-corrected chi connectivity index (χ0v) is 32.8. The Kier molecular flexibility index (Phi) is 31.6. The quantitative estimate of drug-likeness (QED) is 0.136. The van der Waals surface area contributed by atoms with Gasteiger partial charge in [0.15, 0.2) is 0 Å². The second kappa shape index (κ2) is 31.2. The summed E-state index contributed by atoms with van der Waals surface area (Å²) in [6, 6.07) is 71.6. The molecule has 0 saturated heterocycles. The van der Waals surface area contributed by atoms with Gasteiger partial charge in [0, 0.05) is 11.8 Å². The average molecular weight is 847 g/mol. The van der Waals surface area contributed by atoms with Crippen LogP contribution in [0.15, 0.2) is 194 Å². The van der Waals surface area contributed by atoms with E-state index in [0.29, 0.717) is 11.8 Å². The maximum atomic E-state index is 2.38. The molecule has 8 aromatic carbocycles. The molecule has 0 aliphatic rings. The molecular weight excluding hydrogens is 757 g/mol. The molecular formula is C63H90. The summed E-state index contributed by atoms with van der Waals surface area (Å²) in [5.74, 6) is 1.08. The summed E-state index contributed by atoms with van der Waals surface area (Å²) in [6.07, 6.45) is 0. The predicted octanol–water partition coefficient (Wildman–Crippen LogP) is 21.3. The SMILES string of the molecule is C.C.C.C.C.C.C.C.C.CC.CC.CC(c1ccc(-c2ccc(C(C)C(c3ccccc3)c3cccc4ccccc34)cc2)cc1)C(c1ccccc1)c1cccc2ccccc12. The number of benzene rings is 8. The first-order valence-electron chi connectivity index (χ1n) is 19.9. The van der Waals surface area contributed by atoms with Crippen LogP contribution in [0.1, 0.15) is 165 Å². The van der Waals surface area contributed by atoms with Gasteiger partial charge in [-0.05, 0) is 77.9 Å².